The maximum absolute atomic E-state index is 5.61. The molecule has 1 spiro atoms. The first-order valence-corrected chi connectivity index (χ1v) is 9.07. The topological polar surface area (TPSA) is 40.1 Å². The number of likely N-dealkylation sites (tertiary alicyclic amines) is 2. The molecule has 0 aromatic carbocycles. The Bertz CT molecular complexity index is 379. The van der Waals surface area contributed by atoms with Gasteiger partial charge in [-0.2, -0.15) is 0 Å². The van der Waals surface area contributed by atoms with E-state index in [0.717, 1.165) is 38.8 Å². The van der Waals surface area contributed by atoms with E-state index in [-0.39, 0.29) is 24.0 Å². The Kier molecular flexibility index (Phi) is 7.88. The number of hydrogen-bond acceptors (Lipinski definition) is 3. The Labute approximate surface area is 158 Å². The summed E-state index contributed by atoms with van der Waals surface area (Å²) >= 11 is 0. The lowest BCUT2D eigenvalue weighted by atomic mass is 9.87. The highest BCUT2D eigenvalue weighted by Gasteiger charge is 2.42. The van der Waals surface area contributed by atoms with Gasteiger partial charge in [0, 0.05) is 38.7 Å². The summed E-state index contributed by atoms with van der Waals surface area (Å²) in [5.41, 5.74) is 0.410. The van der Waals surface area contributed by atoms with E-state index in [0.29, 0.717) is 5.41 Å². The molecule has 0 saturated carbocycles. The van der Waals surface area contributed by atoms with E-state index in [1.54, 1.807) is 0 Å². The van der Waals surface area contributed by atoms with Crippen molar-refractivity contribution in [2.75, 3.05) is 59.5 Å². The third-order valence-electron chi connectivity index (χ3n) is 5.52. The molecule has 0 bridgehead atoms. The summed E-state index contributed by atoms with van der Waals surface area (Å²) in [6.07, 6.45) is 7.79. The Morgan fingerprint density at radius 3 is 2.70 bits per heavy atom. The molecule has 23 heavy (non-hydrogen) atoms. The minimum absolute atomic E-state index is 0. The van der Waals surface area contributed by atoms with Crippen LogP contribution < -0.4 is 5.32 Å². The Morgan fingerprint density at radius 1 is 1.17 bits per heavy atom. The molecule has 3 aliphatic rings. The molecule has 6 heteroatoms. The fourth-order valence-corrected chi connectivity index (χ4v) is 4.09. The summed E-state index contributed by atoms with van der Waals surface area (Å²) in [4.78, 5) is 9.50. The van der Waals surface area contributed by atoms with Crippen molar-refractivity contribution in [2.45, 2.75) is 38.5 Å². The third-order valence-corrected chi connectivity index (χ3v) is 5.52. The van der Waals surface area contributed by atoms with Crippen LogP contribution in [0.25, 0.3) is 0 Å². The van der Waals surface area contributed by atoms with Crippen LogP contribution in [0.15, 0.2) is 4.99 Å². The van der Waals surface area contributed by atoms with E-state index >= 15 is 0 Å². The van der Waals surface area contributed by atoms with Crippen molar-refractivity contribution in [3.05, 3.63) is 0 Å². The van der Waals surface area contributed by atoms with Crippen LogP contribution in [0.2, 0.25) is 0 Å². The first-order valence-electron chi connectivity index (χ1n) is 9.07. The summed E-state index contributed by atoms with van der Waals surface area (Å²) in [6, 6.07) is 0. The largest absolute Gasteiger partial charge is 0.381 e. The van der Waals surface area contributed by atoms with Gasteiger partial charge < -0.3 is 19.9 Å². The monoisotopic (exact) mass is 436 g/mol. The number of halogens is 1. The number of nitrogens with one attached hydrogen (secondary N) is 1. The van der Waals surface area contributed by atoms with Gasteiger partial charge in [-0.1, -0.05) is 0 Å². The fourth-order valence-electron chi connectivity index (χ4n) is 4.09. The van der Waals surface area contributed by atoms with Crippen LogP contribution in [0.1, 0.15) is 38.5 Å². The second-order valence-corrected chi connectivity index (χ2v) is 7.20. The van der Waals surface area contributed by atoms with Gasteiger partial charge in [0.25, 0.3) is 0 Å². The highest BCUT2D eigenvalue weighted by molar-refractivity contribution is 14.0. The molecule has 3 heterocycles. The minimum Gasteiger partial charge on any atom is -0.381 e. The number of ether oxygens (including phenoxy) is 1. The van der Waals surface area contributed by atoms with Crippen molar-refractivity contribution >= 4 is 29.9 Å². The first-order chi connectivity index (χ1) is 10.8. The third kappa shape index (κ3) is 5.19. The molecule has 0 aromatic rings. The molecule has 1 unspecified atom stereocenters. The Morgan fingerprint density at radius 2 is 2.00 bits per heavy atom. The number of hydrogen-bond donors (Lipinski definition) is 1. The average Bonchev–Trinajstić information content (AvgIpc) is 3.27. The summed E-state index contributed by atoms with van der Waals surface area (Å²) < 4.78 is 5.61. The molecular weight excluding hydrogens is 403 g/mol. The maximum atomic E-state index is 5.61. The van der Waals surface area contributed by atoms with Gasteiger partial charge in [0.1, 0.15) is 0 Å². The van der Waals surface area contributed by atoms with Crippen molar-refractivity contribution in [1.82, 2.24) is 15.1 Å². The van der Waals surface area contributed by atoms with E-state index in [1.165, 1.54) is 58.2 Å². The average molecular weight is 436 g/mol. The lowest BCUT2D eigenvalue weighted by Gasteiger charge is -2.25. The zero-order chi connectivity index (χ0) is 15.3. The number of nitrogens with zero attached hydrogens (tertiary/aromatic N) is 3. The van der Waals surface area contributed by atoms with Crippen LogP contribution in [-0.4, -0.2) is 75.3 Å². The molecule has 3 rings (SSSR count). The SMILES string of the molecule is CN=C(NCCCCN1CCCC1)N1CCC2(CCOC2)C1.I. The Hall–Kier alpha value is -0.0800. The van der Waals surface area contributed by atoms with Gasteiger partial charge in [0.15, 0.2) is 5.96 Å². The molecule has 3 aliphatic heterocycles. The van der Waals surface area contributed by atoms with E-state index in [2.05, 4.69) is 20.1 Å². The molecule has 134 valence electrons. The van der Waals surface area contributed by atoms with E-state index < -0.39 is 0 Å². The standard InChI is InChI=1S/C17H32N4O.HI/c1-18-16(19-8-2-3-9-20-10-4-5-11-20)21-12-6-17(14-21)7-13-22-15-17;/h2-15H2,1H3,(H,18,19);1H. The molecule has 3 saturated heterocycles. The predicted octanol–water partition coefficient (Wildman–Crippen LogP) is 2.17. The number of unbranched alkanes of at least 4 members (excludes halogenated alkanes) is 1. The predicted molar refractivity (Wildman–Crippen MR) is 106 cm³/mol. The van der Waals surface area contributed by atoms with Crippen molar-refractivity contribution in [1.29, 1.82) is 0 Å². The van der Waals surface area contributed by atoms with Crippen LogP contribution in [0.5, 0.6) is 0 Å². The molecule has 1 N–H and O–H groups in total. The van der Waals surface area contributed by atoms with Crippen molar-refractivity contribution in [2.24, 2.45) is 10.4 Å². The number of aliphatic imine (C=N–C) groups is 1. The van der Waals surface area contributed by atoms with E-state index in [1.807, 2.05) is 7.05 Å². The molecule has 1 atom stereocenters. The van der Waals surface area contributed by atoms with Crippen LogP contribution >= 0.6 is 24.0 Å². The van der Waals surface area contributed by atoms with Crippen LogP contribution in [0.4, 0.5) is 0 Å². The summed E-state index contributed by atoms with van der Waals surface area (Å²) in [5, 5.41) is 3.56. The van der Waals surface area contributed by atoms with Gasteiger partial charge in [0.2, 0.25) is 0 Å². The second-order valence-electron chi connectivity index (χ2n) is 7.20. The van der Waals surface area contributed by atoms with Crippen molar-refractivity contribution in [3.8, 4) is 0 Å². The normalized spacial score (nSPS) is 28.6. The maximum Gasteiger partial charge on any atom is 0.193 e. The molecule has 5 nitrogen and oxygen atoms in total. The van der Waals surface area contributed by atoms with Gasteiger partial charge in [-0.15, -0.1) is 24.0 Å². The molecule has 0 amide bonds. The van der Waals surface area contributed by atoms with Gasteiger partial charge >= 0.3 is 0 Å². The number of guanidine groups is 1. The minimum atomic E-state index is 0. The zero-order valence-corrected chi connectivity index (χ0v) is 16.9. The van der Waals surface area contributed by atoms with Crippen molar-refractivity contribution < 1.29 is 4.74 Å². The van der Waals surface area contributed by atoms with Gasteiger partial charge in [-0.25, -0.2) is 0 Å². The molecular formula is C17H33IN4O. The lowest BCUT2D eigenvalue weighted by Crippen LogP contribution is -2.41. The molecule has 3 fully saturated rings. The lowest BCUT2D eigenvalue weighted by molar-refractivity contribution is 0.156. The highest BCUT2D eigenvalue weighted by atomic mass is 127. The first kappa shape index (κ1) is 19.2. The highest BCUT2D eigenvalue weighted by Crippen LogP contribution is 2.38. The van der Waals surface area contributed by atoms with Crippen LogP contribution in [-0.2, 0) is 4.74 Å². The summed E-state index contributed by atoms with van der Waals surface area (Å²) in [6.45, 7) is 9.05. The van der Waals surface area contributed by atoms with E-state index in [9.17, 15) is 0 Å². The van der Waals surface area contributed by atoms with Gasteiger partial charge in [-0.05, 0) is 58.2 Å². The summed E-state index contributed by atoms with van der Waals surface area (Å²) in [5.74, 6) is 1.09. The Balaban J connectivity index is 0.00000192. The smallest absolute Gasteiger partial charge is 0.193 e. The van der Waals surface area contributed by atoms with Crippen molar-refractivity contribution in [3.63, 3.8) is 0 Å². The van der Waals surface area contributed by atoms with Gasteiger partial charge in [-0.3, -0.25) is 4.99 Å². The summed E-state index contributed by atoms with van der Waals surface area (Å²) in [7, 11) is 1.91. The van der Waals surface area contributed by atoms with E-state index in [4.69, 9.17) is 4.74 Å². The molecule has 0 aromatic heterocycles. The quantitative estimate of drug-likeness (QED) is 0.311. The molecule has 0 radical (unpaired) electrons. The van der Waals surface area contributed by atoms with Crippen LogP contribution in [0.3, 0.4) is 0 Å². The van der Waals surface area contributed by atoms with Crippen LogP contribution in [0, 0.1) is 5.41 Å². The number of rotatable bonds is 5. The zero-order valence-electron chi connectivity index (χ0n) is 14.6. The van der Waals surface area contributed by atoms with Gasteiger partial charge in [0.05, 0.1) is 6.61 Å². The second kappa shape index (κ2) is 9.42. The fraction of sp³-hybridized carbons (Fsp3) is 0.941. The molecule has 0 aliphatic carbocycles.